The Morgan fingerprint density at radius 3 is 2.82 bits per heavy atom. The number of ketones is 1. The molecule has 0 aromatic carbocycles. The minimum Gasteiger partial charge on any atom is -0.477 e. The van der Waals surface area contributed by atoms with Crippen LogP contribution in [0.5, 0.6) is 0 Å². The first-order chi connectivity index (χ1) is 21.2. The van der Waals surface area contributed by atoms with Gasteiger partial charge in [-0.2, -0.15) is 0 Å². The van der Waals surface area contributed by atoms with Crippen molar-refractivity contribution >= 4 is 80.6 Å². The van der Waals surface area contributed by atoms with E-state index in [4.69, 9.17) is 15.7 Å². The molecule has 5 heterocycles. The third-order valence-electron chi connectivity index (χ3n) is 6.46. The lowest BCUT2D eigenvalue weighted by Gasteiger charge is -2.49. The number of carboxylic acid groups (broad SMARTS) is 1. The zero-order valence-electron chi connectivity index (χ0n) is 23.0. The number of fused-ring (bicyclic) bond motifs is 1. The van der Waals surface area contributed by atoms with Crippen molar-refractivity contribution in [2.75, 3.05) is 31.0 Å². The molecule has 0 bridgehead atoms. The molecule has 5 N–H and O–H groups in total. The number of Topliss-reactive ketones (excluding diaryl/α,β-unsaturated/α-hetero) is 1. The number of nitrogens with zero attached hydrogens (tertiary/aromatic N) is 5. The molecule has 2 atom stereocenters. The Labute approximate surface area is 267 Å². The number of amides is 2. The first-order valence-corrected chi connectivity index (χ1v) is 16.7. The third kappa shape index (κ3) is 6.78. The number of carboxylic acids is 1. The Morgan fingerprint density at radius 2 is 2.11 bits per heavy atom. The lowest BCUT2D eigenvalue weighted by molar-refractivity contribution is -0.688. The highest BCUT2D eigenvalue weighted by atomic mass is 32.2. The highest BCUT2D eigenvalue weighted by Crippen LogP contribution is 2.40. The Kier molecular flexibility index (Phi) is 9.94. The summed E-state index contributed by atoms with van der Waals surface area (Å²) < 4.78 is 2.55. The lowest BCUT2D eigenvalue weighted by atomic mass is 10.0. The number of oxime groups is 1. The molecule has 0 saturated carbocycles. The number of carbonyl (C=O) groups is 4. The highest BCUT2D eigenvalue weighted by molar-refractivity contribution is 8.01. The summed E-state index contributed by atoms with van der Waals surface area (Å²) in [5, 5.41) is 28.4. The van der Waals surface area contributed by atoms with Crippen molar-refractivity contribution < 1.29 is 38.8 Å². The molecule has 2 aliphatic rings. The van der Waals surface area contributed by atoms with Crippen molar-refractivity contribution in [3.63, 3.8) is 0 Å². The maximum Gasteiger partial charge on any atom is 0.352 e. The van der Waals surface area contributed by atoms with E-state index >= 15 is 0 Å². The summed E-state index contributed by atoms with van der Waals surface area (Å²) in [4.78, 5) is 64.9. The van der Waals surface area contributed by atoms with Gasteiger partial charge in [0.15, 0.2) is 34.1 Å². The molecule has 2 unspecified atom stereocenters. The number of nitrogens with two attached hydrogens (primary N) is 1. The molecule has 14 nitrogen and oxygen atoms in total. The van der Waals surface area contributed by atoms with Crippen LogP contribution >= 0.6 is 46.2 Å². The molecule has 18 heteroatoms. The van der Waals surface area contributed by atoms with Gasteiger partial charge in [0.25, 0.3) is 11.8 Å². The van der Waals surface area contributed by atoms with Gasteiger partial charge in [0.2, 0.25) is 0 Å². The molecule has 2 amide bonds. The van der Waals surface area contributed by atoms with E-state index in [1.165, 1.54) is 52.3 Å². The summed E-state index contributed by atoms with van der Waals surface area (Å²) in [5.74, 6) is -1.99. The van der Waals surface area contributed by atoms with E-state index in [0.717, 1.165) is 21.2 Å². The number of anilines is 1. The molecule has 3 aromatic heterocycles. The van der Waals surface area contributed by atoms with Crippen LogP contribution in [0, 0.1) is 0 Å². The van der Waals surface area contributed by atoms with Crippen LogP contribution in [0.15, 0.2) is 56.1 Å². The average molecular weight is 677 g/mol. The largest absolute Gasteiger partial charge is 0.477 e. The van der Waals surface area contributed by atoms with E-state index in [-0.39, 0.29) is 53.3 Å². The second-order valence-electron chi connectivity index (χ2n) is 9.38. The smallest absolute Gasteiger partial charge is 0.352 e. The number of nitrogen functional groups attached to an aromatic ring is 1. The van der Waals surface area contributed by atoms with Crippen molar-refractivity contribution in [1.29, 1.82) is 0 Å². The minimum absolute atomic E-state index is 0.0535. The SMILES string of the molecule is CO/N=C(\C(=O)NC1C(=O)N2C(C(=O)O)=C(C[n+]3cccc(-c4csc(SCC(=O)CCO)n4)c3)CSC12)c1csc(N)n1. The molecule has 1 saturated heterocycles. The summed E-state index contributed by atoms with van der Waals surface area (Å²) in [6, 6.07) is 2.73. The molecule has 2 aliphatic heterocycles. The van der Waals surface area contributed by atoms with Gasteiger partial charge >= 0.3 is 5.97 Å². The van der Waals surface area contributed by atoms with E-state index in [2.05, 4.69) is 20.4 Å². The lowest BCUT2D eigenvalue weighted by Crippen LogP contribution is -2.71. The standard InChI is InChI=1S/C26H25N7O7S4/c1-40-31-18(17-12-42-25(27)28-17)21(36)30-19-22(37)33-20(24(38)39)14(9-41-23(19)33)8-32-5-2-3-13(7-32)16-11-44-26(29-16)43-10-15(35)4-6-34/h2-3,5,7,11-12,19,23,34H,4,6,8-10H2,1H3,(H3-,27,28,30,36,38,39)/p+1/b31-18-. The number of carbonyl (C=O) groups excluding carboxylic acids is 3. The fourth-order valence-corrected chi connectivity index (χ4v) is 8.11. The second-order valence-corrected chi connectivity index (χ2v) is 13.5. The van der Waals surface area contributed by atoms with Crippen LogP contribution in [0.1, 0.15) is 12.1 Å². The van der Waals surface area contributed by atoms with Gasteiger partial charge in [-0.05, 0) is 6.07 Å². The van der Waals surface area contributed by atoms with Crippen LogP contribution in [0.4, 0.5) is 5.13 Å². The summed E-state index contributed by atoms with van der Waals surface area (Å²) in [7, 11) is 1.27. The minimum atomic E-state index is -1.24. The normalized spacial score (nSPS) is 18.1. The Hall–Kier alpha value is -3.84. The van der Waals surface area contributed by atoms with Gasteiger partial charge in [-0.3, -0.25) is 19.3 Å². The van der Waals surface area contributed by atoms with Crippen LogP contribution in [-0.2, 0) is 30.6 Å². The maximum atomic E-state index is 13.2. The topological polar surface area (TPSA) is 201 Å². The molecular formula is C26H26N7O7S4+. The number of aliphatic hydroxyl groups excluding tert-OH is 1. The summed E-state index contributed by atoms with van der Waals surface area (Å²) in [5.41, 5.74) is 7.65. The van der Waals surface area contributed by atoms with E-state index in [9.17, 15) is 24.3 Å². The number of thioether (sulfide) groups is 2. The summed E-state index contributed by atoms with van der Waals surface area (Å²) in [6.45, 7) is 0.0389. The quantitative estimate of drug-likeness (QED) is 0.0658. The number of hydrogen-bond donors (Lipinski definition) is 4. The number of rotatable bonds is 13. The summed E-state index contributed by atoms with van der Waals surface area (Å²) in [6.07, 6.45) is 3.75. The molecule has 0 radical (unpaired) electrons. The number of pyridine rings is 1. The van der Waals surface area contributed by atoms with Gasteiger partial charge < -0.3 is 26.1 Å². The fourth-order valence-electron chi connectivity index (χ4n) is 4.49. The predicted molar refractivity (Wildman–Crippen MR) is 165 cm³/mol. The van der Waals surface area contributed by atoms with Crippen molar-refractivity contribution in [2.45, 2.75) is 28.7 Å². The van der Waals surface area contributed by atoms with E-state index in [1.807, 2.05) is 28.3 Å². The zero-order chi connectivity index (χ0) is 31.4. The number of β-lactam (4-membered cyclic amide) rings is 1. The van der Waals surface area contributed by atoms with Gasteiger partial charge in [0.1, 0.15) is 35.7 Å². The number of hydrogen-bond acceptors (Lipinski definition) is 14. The van der Waals surface area contributed by atoms with Gasteiger partial charge in [0, 0.05) is 41.2 Å². The maximum absolute atomic E-state index is 13.2. The van der Waals surface area contributed by atoms with Crippen molar-refractivity contribution in [3.8, 4) is 11.3 Å². The first-order valence-electron chi connectivity index (χ1n) is 12.9. The Balaban J connectivity index is 1.29. The number of aliphatic hydroxyl groups is 1. The fraction of sp³-hybridized carbons (Fsp3) is 0.308. The average Bonchev–Trinajstić information content (AvgIpc) is 3.66. The van der Waals surface area contributed by atoms with E-state index in [1.54, 1.807) is 6.20 Å². The van der Waals surface area contributed by atoms with Crippen LogP contribution in [0.25, 0.3) is 11.3 Å². The molecule has 0 spiro atoms. The van der Waals surface area contributed by atoms with Gasteiger partial charge in [-0.25, -0.2) is 19.3 Å². The number of nitrogens with one attached hydrogen (secondary N) is 1. The van der Waals surface area contributed by atoms with Crippen LogP contribution in [0.3, 0.4) is 0 Å². The van der Waals surface area contributed by atoms with Gasteiger partial charge in [-0.1, -0.05) is 16.9 Å². The van der Waals surface area contributed by atoms with E-state index in [0.29, 0.717) is 17.0 Å². The van der Waals surface area contributed by atoms with Crippen molar-refractivity contribution in [3.05, 3.63) is 52.3 Å². The first kappa shape index (κ1) is 31.6. The third-order valence-corrected chi connectivity index (χ3v) is 10.6. The van der Waals surface area contributed by atoms with Gasteiger partial charge in [0.05, 0.1) is 17.0 Å². The monoisotopic (exact) mass is 676 g/mol. The molecule has 5 rings (SSSR count). The number of thiazole rings is 2. The molecule has 1 fully saturated rings. The Morgan fingerprint density at radius 1 is 1.30 bits per heavy atom. The summed E-state index contributed by atoms with van der Waals surface area (Å²) >= 11 is 5.19. The molecule has 44 heavy (non-hydrogen) atoms. The van der Waals surface area contributed by atoms with Crippen LogP contribution < -0.4 is 15.6 Å². The van der Waals surface area contributed by atoms with E-state index < -0.39 is 29.2 Å². The Bertz CT molecular complexity index is 1670. The van der Waals surface area contributed by atoms with Crippen LogP contribution in [0.2, 0.25) is 0 Å². The van der Waals surface area contributed by atoms with Gasteiger partial charge in [-0.15, -0.1) is 34.4 Å². The van der Waals surface area contributed by atoms with Crippen molar-refractivity contribution in [2.24, 2.45) is 5.16 Å². The second kappa shape index (κ2) is 13.9. The van der Waals surface area contributed by atoms with Crippen molar-refractivity contribution in [1.82, 2.24) is 20.2 Å². The molecular weight excluding hydrogens is 651 g/mol. The highest BCUT2D eigenvalue weighted by Gasteiger charge is 2.54. The molecule has 230 valence electrons. The molecule has 3 aromatic rings. The zero-order valence-corrected chi connectivity index (χ0v) is 26.3. The number of aliphatic carboxylic acids is 1. The predicted octanol–water partition coefficient (Wildman–Crippen LogP) is 0.969. The molecule has 0 aliphatic carbocycles. The van der Waals surface area contributed by atoms with Crippen LogP contribution in [-0.4, -0.2) is 91.0 Å². The number of aromatic nitrogens is 3.